The summed E-state index contributed by atoms with van der Waals surface area (Å²) in [6.45, 7) is 3.92. The Bertz CT molecular complexity index is 564. The van der Waals surface area contributed by atoms with Crippen molar-refractivity contribution in [1.29, 1.82) is 0 Å². The summed E-state index contributed by atoms with van der Waals surface area (Å²) >= 11 is 0. The van der Waals surface area contributed by atoms with E-state index in [1.807, 2.05) is 26.0 Å². The van der Waals surface area contributed by atoms with Crippen molar-refractivity contribution in [3.05, 3.63) is 65.5 Å². The fourth-order valence-corrected chi connectivity index (χ4v) is 2.16. The highest BCUT2D eigenvalue weighted by Crippen LogP contribution is 2.30. The van der Waals surface area contributed by atoms with E-state index in [0.29, 0.717) is 0 Å². The molecule has 0 saturated heterocycles. The normalized spacial score (nSPS) is 14.7. The van der Waals surface area contributed by atoms with Crippen molar-refractivity contribution in [3.63, 3.8) is 0 Å². The molecular weight excluding hydrogens is 277 g/mol. The van der Waals surface area contributed by atoms with Crippen LogP contribution in [0.25, 0.3) is 0 Å². The first-order chi connectivity index (χ1) is 9.88. The molecule has 1 heterocycles. The Morgan fingerprint density at radius 1 is 0.952 bits per heavy atom. The van der Waals surface area contributed by atoms with Gasteiger partial charge in [-0.05, 0) is 43.2 Å². The molecule has 1 aromatic carbocycles. The quantitative estimate of drug-likeness (QED) is 0.897. The van der Waals surface area contributed by atoms with E-state index in [1.54, 1.807) is 12.4 Å². The van der Waals surface area contributed by atoms with Crippen LogP contribution in [-0.2, 0) is 6.18 Å². The molecule has 2 unspecified atom stereocenters. The zero-order valence-corrected chi connectivity index (χ0v) is 11.9. The van der Waals surface area contributed by atoms with Gasteiger partial charge in [0, 0.05) is 24.5 Å². The number of benzene rings is 1. The molecule has 0 bridgehead atoms. The van der Waals surface area contributed by atoms with Crippen LogP contribution in [0.15, 0.2) is 48.8 Å². The van der Waals surface area contributed by atoms with Gasteiger partial charge in [-0.1, -0.05) is 18.2 Å². The van der Waals surface area contributed by atoms with Crippen molar-refractivity contribution in [1.82, 2.24) is 10.3 Å². The van der Waals surface area contributed by atoms with Crippen molar-refractivity contribution in [3.8, 4) is 0 Å². The fourth-order valence-electron chi connectivity index (χ4n) is 2.16. The van der Waals surface area contributed by atoms with Gasteiger partial charge in [-0.3, -0.25) is 4.98 Å². The maximum atomic E-state index is 12.5. The minimum Gasteiger partial charge on any atom is -0.304 e. The number of pyridine rings is 1. The molecule has 0 spiro atoms. The summed E-state index contributed by atoms with van der Waals surface area (Å²) in [5, 5.41) is 3.35. The molecule has 0 aliphatic heterocycles. The lowest BCUT2D eigenvalue weighted by atomic mass is 10.0. The molecule has 0 saturated carbocycles. The molecule has 2 atom stereocenters. The second kappa shape index (κ2) is 6.26. The molecular formula is C16H17F3N2. The number of halogens is 3. The highest BCUT2D eigenvalue weighted by molar-refractivity contribution is 5.27. The van der Waals surface area contributed by atoms with Gasteiger partial charge < -0.3 is 5.32 Å². The minimum absolute atomic E-state index is 0.0533. The molecule has 0 aliphatic rings. The minimum atomic E-state index is -4.29. The summed E-state index contributed by atoms with van der Waals surface area (Å²) in [5.41, 5.74) is 1.23. The maximum absolute atomic E-state index is 12.5. The standard InChI is InChI=1S/C16H17F3N2/c1-11(21-12(2)14-4-3-9-20-10-14)13-5-7-15(8-6-13)16(17,18)19/h3-12,21H,1-2H3. The van der Waals surface area contributed by atoms with E-state index in [4.69, 9.17) is 0 Å². The Labute approximate surface area is 122 Å². The second-order valence-corrected chi connectivity index (χ2v) is 5.02. The molecule has 0 fully saturated rings. The Balaban J connectivity index is 2.05. The lowest BCUT2D eigenvalue weighted by Crippen LogP contribution is -2.22. The monoisotopic (exact) mass is 294 g/mol. The average Bonchev–Trinajstić information content (AvgIpc) is 2.47. The lowest BCUT2D eigenvalue weighted by molar-refractivity contribution is -0.137. The molecule has 1 aromatic heterocycles. The average molecular weight is 294 g/mol. The highest BCUT2D eigenvalue weighted by Gasteiger charge is 2.30. The van der Waals surface area contributed by atoms with Gasteiger partial charge in [0.1, 0.15) is 0 Å². The second-order valence-electron chi connectivity index (χ2n) is 5.02. The summed E-state index contributed by atoms with van der Waals surface area (Å²) in [5.74, 6) is 0. The van der Waals surface area contributed by atoms with Crippen molar-refractivity contribution in [2.75, 3.05) is 0 Å². The first kappa shape index (κ1) is 15.5. The number of hydrogen-bond donors (Lipinski definition) is 1. The molecule has 21 heavy (non-hydrogen) atoms. The number of rotatable bonds is 4. The number of nitrogens with zero attached hydrogens (tertiary/aromatic N) is 1. The molecule has 112 valence electrons. The zero-order valence-electron chi connectivity index (χ0n) is 11.9. The molecule has 0 aliphatic carbocycles. The molecule has 0 radical (unpaired) electrons. The maximum Gasteiger partial charge on any atom is 0.416 e. The molecule has 5 heteroatoms. The Morgan fingerprint density at radius 3 is 2.10 bits per heavy atom. The van der Waals surface area contributed by atoms with Crippen LogP contribution in [-0.4, -0.2) is 4.98 Å². The van der Waals surface area contributed by atoms with Gasteiger partial charge in [-0.2, -0.15) is 13.2 Å². The van der Waals surface area contributed by atoms with Crippen LogP contribution < -0.4 is 5.32 Å². The van der Waals surface area contributed by atoms with Crippen LogP contribution in [0.2, 0.25) is 0 Å². The number of alkyl halides is 3. The van der Waals surface area contributed by atoms with Crippen LogP contribution in [0.1, 0.15) is 42.6 Å². The van der Waals surface area contributed by atoms with Gasteiger partial charge in [-0.25, -0.2) is 0 Å². The van der Waals surface area contributed by atoms with E-state index in [0.717, 1.165) is 23.3 Å². The van der Waals surface area contributed by atoms with Crippen LogP contribution in [0, 0.1) is 0 Å². The van der Waals surface area contributed by atoms with Crippen LogP contribution in [0.4, 0.5) is 13.2 Å². The largest absolute Gasteiger partial charge is 0.416 e. The first-order valence-corrected chi connectivity index (χ1v) is 6.71. The SMILES string of the molecule is CC(NC(C)c1cccnc1)c1ccc(C(F)(F)F)cc1. The van der Waals surface area contributed by atoms with Gasteiger partial charge in [-0.15, -0.1) is 0 Å². The van der Waals surface area contributed by atoms with Crippen molar-refractivity contribution >= 4 is 0 Å². The summed E-state index contributed by atoms with van der Waals surface area (Å²) in [6.07, 6.45) is -0.815. The van der Waals surface area contributed by atoms with E-state index in [-0.39, 0.29) is 12.1 Å². The van der Waals surface area contributed by atoms with Crippen LogP contribution in [0.5, 0.6) is 0 Å². The van der Waals surface area contributed by atoms with Gasteiger partial charge >= 0.3 is 6.18 Å². The fraction of sp³-hybridized carbons (Fsp3) is 0.312. The van der Waals surface area contributed by atoms with E-state index in [9.17, 15) is 13.2 Å². The van der Waals surface area contributed by atoms with Crippen LogP contribution in [0.3, 0.4) is 0 Å². The third kappa shape index (κ3) is 4.04. The lowest BCUT2D eigenvalue weighted by Gasteiger charge is -2.21. The summed E-state index contributed by atoms with van der Waals surface area (Å²) in [4.78, 5) is 4.06. The Morgan fingerprint density at radius 2 is 1.57 bits per heavy atom. The smallest absolute Gasteiger partial charge is 0.304 e. The zero-order chi connectivity index (χ0) is 15.5. The van der Waals surface area contributed by atoms with Gasteiger partial charge in [0.15, 0.2) is 0 Å². The molecule has 0 amide bonds. The number of nitrogens with one attached hydrogen (secondary N) is 1. The van der Waals surface area contributed by atoms with Crippen molar-refractivity contribution < 1.29 is 13.2 Å². The topological polar surface area (TPSA) is 24.9 Å². The van der Waals surface area contributed by atoms with E-state index in [1.165, 1.54) is 12.1 Å². The third-order valence-corrected chi connectivity index (χ3v) is 3.42. The first-order valence-electron chi connectivity index (χ1n) is 6.71. The van der Waals surface area contributed by atoms with Crippen molar-refractivity contribution in [2.45, 2.75) is 32.1 Å². The summed E-state index contributed by atoms with van der Waals surface area (Å²) < 4.78 is 37.6. The highest BCUT2D eigenvalue weighted by atomic mass is 19.4. The predicted molar refractivity (Wildman–Crippen MR) is 75.6 cm³/mol. The molecule has 2 rings (SSSR count). The Kier molecular flexibility index (Phi) is 4.63. The summed E-state index contributed by atoms with van der Waals surface area (Å²) in [7, 11) is 0. The third-order valence-electron chi connectivity index (χ3n) is 3.42. The van der Waals surface area contributed by atoms with Crippen LogP contribution >= 0.6 is 0 Å². The number of aromatic nitrogens is 1. The van der Waals surface area contributed by atoms with Gasteiger partial charge in [0.2, 0.25) is 0 Å². The van der Waals surface area contributed by atoms with Gasteiger partial charge in [0.25, 0.3) is 0 Å². The van der Waals surface area contributed by atoms with E-state index < -0.39 is 11.7 Å². The summed E-state index contributed by atoms with van der Waals surface area (Å²) in [6, 6.07) is 9.08. The number of hydrogen-bond acceptors (Lipinski definition) is 2. The molecule has 2 aromatic rings. The van der Waals surface area contributed by atoms with E-state index in [2.05, 4.69) is 10.3 Å². The predicted octanol–water partition coefficient (Wildman–Crippen LogP) is 4.51. The van der Waals surface area contributed by atoms with E-state index >= 15 is 0 Å². The van der Waals surface area contributed by atoms with Gasteiger partial charge in [0.05, 0.1) is 5.56 Å². The Hall–Kier alpha value is -1.88. The molecule has 1 N–H and O–H groups in total. The molecule has 2 nitrogen and oxygen atoms in total. The van der Waals surface area contributed by atoms with Crippen molar-refractivity contribution in [2.24, 2.45) is 0 Å².